The van der Waals surface area contributed by atoms with Gasteiger partial charge < -0.3 is 24.8 Å². The number of ether oxygens (including phenoxy) is 3. The molecule has 1 saturated carbocycles. The lowest BCUT2D eigenvalue weighted by Crippen LogP contribution is -2.57. The molecule has 0 bridgehead atoms. The molecule has 1 aliphatic heterocycles. The van der Waals surface area contributed by atoms with E-state index in [1.54, 1.807) is 26.4 Å². The van der Waals surface area contributed by atoms with E-state index in [0.717, 1.165) is 31.2 Å². The maximum absolute atomic E-state index is 13.0. The number of hydrogen-bond donors (Lipinski definition) is 2. The standard InChI is InChI=1S/C20H28N2O5/c1-20(9-5-4-6-10-20)22-19(24)18-17(21-16(23)12-27-18)13-7-8-14(25-2)15(11-13)26-3/h7-8,11,17-18H,4-6,9-10,12H2,1-3H3,(H,21,23)(H,22,24)/t17-,18+/m1/s1. The fourth-order valence-corrected chi connectivity index (χ4v) is 3.91. The molecule has 3 rings (SSSR count). The number of carbonyl (C=O) groups excluding carboxylic acids is 2. The molecule has 1 heterocycles. The van der Waals surface area contributed by atoms with E-state index in [1.165, 1.54) is 6.42 Å². The summed E-state index contributed by atoms with van der Waals surface area (Å²) in [6.45, 7) is 1.95. The molecule has 1 aromatic carbocycles. The SMILES string of the molecule is COc1ccc([C@H]2NC(=O)CO[C@@H]2C(=O)NC2(C)CCCCC2)cc1OC. The summed E-state index contributed by atoms with van der Waals surface area (Å²) in [5, 5.41) is 6.04. The van der Waals surface area contributed by atoms with Crippen LogP contribution < -0.4 is 20.1 Å². The van der Waals surface area contributed by atoms with E-state index in [0.29, 0.717) is 11.5 Å². The van der Waals surface area contributed by atoms with Gasteiger partial charge in [-0.2, -0.15) is 0 Å². The molecule has 0 aromatic heterocycles. The number of rotatable bonds is 5. The van der Waals surface area contributed by atoms with Gasteiger partial charge in [0.25, 0.3) is 5.91 Å². The molecule has 2 N–H and O–H groups in total. The predicted molar refractivity (Wildman–Crippen MR) is 99.8 cm³/mol. The van der Waals surface area contributed by atoms with E-state index >= 15 is 0 Å². The summed E-state index contributed by atoms with van der Waals surface area (Å²) < 4.78 is 16.3. The molecule has 1 aliphatic carbocycles. The summed E-state index contributed by atoms with van der Waals surface area (Å²) in [5.41, 5.74) is 0.511. The first-order chi connectivity index (χ1) is 13.0. The Labute approximate surface area is 159 Å². The molecule has 148 valence electrons. The zero-order valence-electron chi connectivity index (χ0n) is 16.2. The van der Waals surface area contributed by atoms with Gasteiger partial charge in [0.1, 0.15) is 6.61 Å². The highest BCUT2D eigenvalue weighted by molar-refractivity contribution is 5.86. The van der Waals surface area contributed by atoms with E-state index in [2.05, 4.69) is 17.6 Å². The van der Waals surface area contributed by atoms with Gasteiger partial charge in [0.2, 0.25) is 5.91 Å². The van der Waals surface area contributed by atoms with Crippen molar-refractivity contribution in [2.45, 2.75) is 56.7 Å². The molecular weight excluding hydrogens is 348 g/mol. The van der Waals surface area contributed by atoms with Crippen LogP contribution in [-0.2, 0) is 14.3 Å². The Bertz CT molecular complexity index is 700. The number of carbonyl (C=O) groups is 2. The molecule has 7 heteroatoms. The second kappa shape index (κ2) is 8.17. The normalized spacial score (nSPS) is 24.6. The van der Waals surface area contributed by atoms with Crippen LogP contribution in [0.1, 0.15) is 50.6 Å². The molecule has 2 amide bonds. The van der Waals surface area contributed by atoms with Crippen LogP contribution in [0, 0.1) is 0 Å². The Morgan fingerprint density at radius 1 is 1.19 bits per heavy atom. The highest BCUT2D eigenvalue weighted by Gasteiger charge is 2.39. The number of morpholine rings is 1. The molecule has 0 unspecified atom stereocenters. The lowest BCUT2D eigenvalue weighted by atomic mass is 9.83. The first-order valence-corrected chi connectivity index (χ1v) is 9.41. The fraction of sp³-hybridized carbons (Fsp3) is 0.600. The second-order valence-corrected chi connectivity index (χ2v) is 7.50. The van der Waals surface area contributed by atoms with Crippen LogP contribution in [0.4, 0.5) is 0 Å². The fourth-order valence-electron chi connectivity index (χ4n) is 3.91. The molecule has 7 nitrogen and oxygen atoms in total. The molecular formula is C20H28N2O5. The molecule has 0 spiro atoms. The topological polar surface area (TPSA) is 85.9 Å². The number of nitrogens with one attached hydrogen (secondary N) is 2. The lowest BCUT2D eigenvalue weighted by Gasteiger charge is -2.38. The maximum Gasteiger partial charge on any atom is 0.252 e. The van der Waals surface area contributed by atoms with Gasteiger partial charge >= 0.3 is 0 Å². The van der Waals surface area contributed by atoms with Crippen LogP contribution in [0.3, 0.4) is 0 Å². The Morgan fingerprint density at radius 2 is 1.89 bits per heavy atom. The van der Waals surface area contributed by atoms with Crippen molar-refractivity contribution in [3.05, 3.63) is 23.8 Å². The van der Waals surface area contributed by atoms with Gasteiger partial charge in [-0.1, -0.05) is 25.3 Å². The molecule has 1 saturated heterocycles. The third-order valence-electron chi connectivity index (χ3n) is 5.42. The zero-order chi connectivity index (χ0) is 19.4. The van der Waals surface area contributed by atoms with Crippen molar-refractivity contribution < 1.29 is 23.8 Å². The van der Waals surface area contributed by atoms with Gasteiger partial charge in [-0.05, 0) is 37.5 Å². The van der Waals surface area contributed by atoms with Crippen molar-refractivity contribution in [3.63, 3.8) is 0 Å². The predicted octanol–water partition coefficient (Wildman–Crippen LogP) is 2.10. The van der Waals surface area contributed by atoms with Crippen LogP contribution in [0.5, 0.6) is 11.5 Å². The largest absolute Gasteiger partial charge is 0.493 e. The van der Waals surface area contributed by atoms with Crippen molar-refractivity contribution in [2.24, 2.45) is 0 Å². The highest BCUT2D eigenvalue weighted by atomic mass is 16.5. The van der Waals surface area contributed by atoms with E-state index in [9.17, 15) is 9.59 Å². The minimum Gasteiger partial charge on any atom is -0.493 e. The van der Waals surface area contributed by atoms with Gasteiger partial charge in [0, 0.05) is 5.54 Å². The quantitative estimate of drug-likeness (QED) is 0.822. The Morgan fingerprint density at radius 3 is 2.56 bits per heavy atom. The third kappa shape index (κ3) is 4.35. The molecule has 2 atom stereocenters. The summed E-state index contributed by atoms with van der Waals surface area (Å²) in [7, 11) is 3.11. The Balaban J connectivity index is 1.82. The van der Waals surface area contributed by atoms with Crippen LogP contribution in [0.25, 0.3) is 0 Å². The van der Waals surface area contributed by atoms with Crippen LogP contribution in [-0.4, -0.2) is 44.3 Å². The van der Waals surface area contributed by atoms with E-state index < -0.39 is 12.1 Å². The minimum atomic E-state index is -0.792. The average molecular weight is 376 g/mol. The third-order valence-corrected chi connectivity index (χ3v) is 5.42. The Kier molecular flexibility index (Phi) is 5.89. The smallest absolute Gasteiger partial charge is 0.252 e. The van der Waals surface area contributed by atoms with Gasteiger partial charge in [0.15, 0.2) is 17.6 Å². The lowest BCUT2D eigenvalue weighted by molar-refractivity contribution is -0.149. The van der Waals surface area contributed by atoms with Crippen molar-refractivity contribution in [2.75, 3.05) is 20.8 Å². The monoisotopic (exact) mass is 376 g/mol. The molecule has 0 radical (unpaired) electrons. The molecule has 1 aromatic rings. The second-order valence-electron chi connectivity index (χ2n) is 7.50. The summed E-state index contributed by atoms with van der Waals surface area (Å²) in [5.74, 6) is 0.676. The van der Waals surface area contributed by atoms with E-state index in [1.807, 2.05) is 6.07 Å². The average Bonchev–Trinajstić information content (AvgIpc) is 2.67. The van der Waals surface area contributed by atoms with Gasteiger partial charge in [0.05, 0.1) is 20.3 Å². The van der Waals surface area contributed by atoms with Crippen molar-refractivity contribution >= 4 is 11.8 Å². The number of benzene rings is 1. The summed E-state index contributed by atoms with van der Waals surface area (Å²) in [6.07, 6.45) is 4.54. The number of methoxy groups -OCH3 is 2. The molecule has 2 aliphatic rings. The van der Waals surface area contributed by atoms with Crippen LogP contribution >= 0.6 is 0 Å². The first-order valence-electron chi connectivity index (χ1n) is 9.41. The van der Waals surface area contributed by atoms with Gasteiger partial charge in [-0.15, -0.1) is 0 Å². The van der Waals surface area contributed by atoms with Crippen LogP contribution in [0.15, 0.2) is 18.2 Å². The minimum absolute atomic E-state index is 0.126. The summed E-state index contributed by atoms with van der Waals surface area (Å²) >= 11 is 0. The number of amides is 2. The summed E-state index contributed by atoms with van der Waals surface area (Å²) in [6, 6.07) is 4.75. The van der Waals surface area contributed by atoms with Crippen molar-refractivity contribution in [1.82, 2.24) is 10.6 Å². The maximum atomic E-state index is 13.0. The molecule has 27 heavy (non-hydrogen) atoms. The number of hydrogen-bond acceptors (Lipinski definition) is 5. The van der Waals surface area contributed by atoms with Crippen molar-refractivity contribution in [3.8, 4) is 11.5 Å². The van der Waals surface area contributed by atoms with Gasteiger partial charge in [-0.3, -0.25) is 9.59 Å². The van der Waals surface area contributed by atoms with Crippen molar-refractivity contribution in [1.29, 1.82) is 0 Å². The Hall–Kier alpha value is -2.28. The first kappa shape index (κ1) is 19.5. The van der Waals surface area contributed by atoms with Crippen LogP contribution in [0.2, 0.25) is 0 Å². The van der Waals surface area contributed by atoms with Gasteiger partial charge in [-0.25, -0.2) is 0 Å². The molecule has 2 fully saturated rings. The van der Waals surface area contributed by atoms with E-state index in [4.69, 9.17) is 14.2 Å². The van der Waals surface area contributed by atoms with E-state index in [-0.39, 0.29) is 24.0 Å². The summed E-state index contributed by atoms with van der Waals surface area (Å²) in [4.78, 5) is 24.9. The highest BCUT2D eigenvalue weighted by Crippen LogP contribution is 2.33. The zero-order valence-corrected chi connectivity index (χ0v) is 16.2.